The van der Waals surface area contributed by atoms with Gasteiger partial charge in [0.1, 0.15) is 12.0 Å². The topological polar surface area (TPSA) is 40.2 Å². The Morgan fingerprint density at radius 3 is 2.44 bits per heavy atom. The third kappa shape index (κ3) is 6.60. The van der Waals surface area contributed by atoms with Crippen LogP contribution in [0.3, 0.4) is 0 Å². The minimum absolute atomic E-state index is 0.0470. The van der Waals surface area contributed by atoms with Gasteiger partial charge in [-0.05, 0) is 19.4 Å². The molecular weight excluding hydrogens is 224 g/mol. The van der Waals surface area contributed by atoms with Crippen LogP contribution in [0.2, 0.25) is 5.54 Å². The van der Waals surface area contributed by atoms with Crippen molar-refractivity contribution in [3.05, 3.63) is 0 Å². The highest BCUT2D eigenvalue weighted by Crippen LogP contribution is 2.12. The average molecular weight is 248 g/mol. The second-order valence-electron chi connectivity index (χ2n) is 4.17. The summed E-state index contributed by atoms with van der Waals surface area (Å²) in [6, 6.07) is 0. The summed E-state index contributed by atoms with van der Waals surface area (Å²) < 4.78 is 21.8. The summed E-state index contributed by atoms with van der Waals surface area (Å²) in [5, 5.41) is 0. The van der Waals surface area contributed by atoms with Crippen molar-refractivity contribution in [3.8, 4) is 0 Å². The fraction of sp³-hybridized carbons (Fsp3) is 1.00. The molecule has 1 saturated heterocycles. The Bertz CT molecular complexity index is 169. The lowest BCUT2D eigenvalue weighted by Gasteiger charge is -2.20. The van der Waals surface area contributed by atoms with Crippen LogP contribution < -0.4 is 0 Å². The molecule has 0 amide bonds. The number of rotatable bonds is 10. The molecule has 1 rings (SSSR count). The van der Waals surface area contributed by atoms with Gasteiger partial charge < -0.3 is 18.9 Å². The van der Waals surface area contributed by atoms with Crippen molar-refractivity contribution >= 4 is 9.52 Å². The number of ether oxygens (including phenoxy) is 4. The van der Waals surface area contributed by atoms with Gasteiger partial charge >= 0.3 is 0 Å². The predicted octanol–water partition coefficient (Wildman–Crippen LogP) is 0.736. The van der Waals surface area contributed by atoms with Gasteiger partial charge in [-0.2, -0.15) is 0 Å². The smallest absolute Gasteiger partial charge is 0.135 e. The van der Waals surface area contributed by atoms with E-state index < -0.39 is 9.52 Å². The van der Waals surface area contributed by atoms with Gasteiger partial charge in [-0.25, -0.2) is 0 Å². The van der Waals surface area contributed by atoms with E-state index in [0.29, 0.717) is 11.6 Å². The lowest BCUT2D eigenvalue weighted by molar-refractivity contribution is -0.0837. The molecule has 0 spiro atoms. The molecule has 5 heteroatoms. The molecule has 96 valence electrons. The molecule has 0 N–H and O–H groups in total. The minimum atomic E-state index is -0.407. The third-order valence-electron chi connectivity index (χ3n) is 2.41. The van der Waals surface area contributed by atoms with Crippen molar-refractivity contribution < 1.29 is 18.9 Å². The average Bonchev–Trinajstić information content (AvgIpc) is 3.02. The van der Waals surface area contributed by atoms with E-state index in [0.717, 1.165) is 33.0 Å². The molecule has 1 fully saturated rings. The van der Waals surface area contributed by atoms with Crippen molar-refractivity contribution in [1.29, 1.82) is 0 Å². The molecule has 0 aromatic carbocycles. The van der Waals surface area contributed by atoms with Gasteiger partial charge in [-0.3, -0.25) is 0 Å². The summed E-state index contributed by atoms with van der Waals surface area (Å²) >= 11 is 0. The molecule has 0 radical (unpaired) electrons. The second-order valence-corrected chi connectivity index (χ2v) is 6.71. The predicted molar refractivity (Wildman–Crippen MR) is 65.6 cm³/mol. The fourth-order valence-corrected chi connectivity index (χ4v) is 3.22. The highest BCUT2D eigenvalue weighted by Gasteiger charge is 2.23. The van der Waals surface area contributed by atoms with Crippen molar-refractivity contribution in [2.45, 2.75) is 38.3 Å². The molecule has 1 heterocycles. The van der Waals surface area contributed by atoms with Gasteiger partial charge in [-0.15, -0.1) is 0 Å². The van der Waals surface area contributed by atoms with Crippen molar-refractivity contribution in [1.82, 2.24) is 0 Å². The normalized spacial score (nSPS) is 22.1. The van der Waals surface area contributed by atoms with Crippen molar-refractivity contribution in [2.24, 2.45) is 0 Å². The lowest BCUT2D eigenvalue weighted by atomic mass is 10.5. The maximum atomic E-state index is 5.58. The third-order valence-corrected chi connectivity index (χ3v) is 4.31. The van der Waals surface area contributed by atoms with Crippen LogP contribution in [0.1, 0.15) is 20.8 Å². The summed E-state index contributed by atoms with van der Waals surface area (Å²) in [5.41, 5.74) is 0.585. The Morgan fingerprint density at radius 1 is 1.31 bits per heavy atom. The van der Waals surface area contributed by atoms with E-state index in [9.17, 15) is 0 Å². The second kappa shape index (κ2) is 8.19. The van der Waals surface area contributed by atoms with Crippen LogP contribution in [-0.2, 0) is 18.9 Å². The van der Waals surface area contributed by atoms with E-state index >= 15 is 0 Å². The van der Waals surface area contributed by atoms with Crippen LogP contribution in [0.25, 0.3) is 0 Å². The van der Waals surface area contributed by atoms with Crippen LogP contribution in [0.4, 0.5) is 0 Å². The Balaban J connectivity index is 2.05. The standard InChI is InChI=1S/C11H24O4Si/c1-4-13-11(14-5-2)16-9(3)6-12-7-10-8-15-10/h9-11H,4-8,16H2,1-3H3. The molecule has 0 saturated carbocycles. The highest BCUT2D eigenvalue weighted by atomic mass is 28.2. The summed E-state index contributed by atoms with van der Waals surface area (Å²) in [5.74, 6) is 0.0470. The molecule has 2 unspecified atom stereocenters. The van der Waals surface area contributed by atoms with Crippen molar-refractivity contribution in [2.75, 3.05) is 33.0 Å². The number of hydrogen-bond donors (Lipinski definition) is 0. The van der Waals surface area contributed by atoms with Crippen LogP contribution >= 0.6 is 0 Å². The SMILES string of the molecule is CCOC(OCC)[SiH2]C(C)COCC1CO1. The van der Waals surface area contributed by atoms with Gasteiger partial charge in [0, 0.05) is 19.8 Å². The van der Waals surface area contributed by atoms with E-state index in [1.165, 1.54) is 0 Å². The lowest BCUT2D eigenvalue weighted by Crippen LogP contribution is -2.28. The Kier molecular flexibility index (Phi) is 7.23. The molecule has 16 heavy (non-hydrogen) atoms. The fourth-order valence-electron chi connectivity index (χ4n) is 1.52. The quantitative estimate of drug-likeness (QED) is 0.325. The molecular formula is C11H24O4Si. The van der Waals surface area contributed by atoms with Gasteiger partial charge in [0.2, 0.25) is 0 Å². The van der Waals surface area contributed by atoms with E-state index in [2.05, 4.69) is 6.92 Å². The molecule has 0 aromatic heterocycles. The van der Waals surface area contributed by atoms with Gasteiger partial charge in [0.15, 0.2) is 0 Å². The molecule has 0 bridgehead atoms. The summed E-state index contributed by atoms with van der Waals surface area (Å²) in [7, 11) is -0.407. The van der Waals surface area contributed by atoms with E-state index in [-0.39, 0.29) is 5.91 Å². The zero-order valence-electron chi connectivity index (χ0n) is 10.6. The van der Waals surface area contributed by atoms with Crippen LogP contribution in [-0.4, -0.2) is 54.6 Å². The summed E-state index contributed by atoms with van der Waals surface area (Å²) in [4.78, 5) is 0. The van der Waals surface area contributed by atoms with E-state index in [1.54, 1.807) is 0 Å². The highest BCUT2D eigenvalue weighted by molar-refractivity contribution is 6.38. The Morgan fingerprint density at radius 2 is 1.94 bits per heavy atom. The van der Waals surface area contributed by atoms with Gasteiger partial charge in [0.25, 0.3) is 0 Å². The largest absolute Gasteiger partial charge is 0.379 e. The summed E-state index contributed by atoms with van der Waals surface area (Å²) in [6.45, 7) is 10.1. The molecule has 4 nitrogen and oxygen atoms in total. The Hall–Kier alpha value is 0.0569. The first kappa shape index (κ1) is 14.1. The molecule has 1 aliphatic rings. The van der Waals surface area contributed by atoms with Crippen molar-refractivity contribution in [3.63, 3.8) is 0 Å². The zero-order chi connectivity index (χ0) is 11.8. The zero-order valence-corrected chi connectivity index (χ0v) is 12.0. The first-order valence-corrected chi connectivity index (χ1v) is 7.82. The number of epoxide rings is 1. The monoisotopic (exact) mass is 248 g/mol. The maximum Gasteiger partial charge on any atom is 0.135 e. The first-order chi connectivity index (χ1) is 7.76. The number of hydrogen-bond acceptors (Lipinski definition) is 4. The van der Waals surface area contributed by atoms with E-state index in [4.69, 9.17) is 18.9 Å². The van der Waals surface area contributed by atoms with Crippen LogP contribution in [0.5, 0.6) is 0 Å². The molecule has 0 aliphatic carbocycles. The summed E-state index contributed by atoms with van der Waals surface area (Å²) in [6.07, 6.45) is 0.364. The van der Waals surface area contributed by atoms with Gasteiger partial charge in [0.05, 0.1) is 22.7 Å². The first-order valence-electron chi connectivity index (χ1n) is 6.18. The van der Waals surface area contributed by atoms with Crippen LogP contribution in [0, 0.1) is 0 Å². The maximum absolute atomic E-state index is 5.58. The Labute approximate surface area is 100 Å². The molecule has 2 atom stereocenters. The molecule has 1 aliphatic heterocycles. The van der Waals surface area contributed by atoms with Gasteiger partial charge in [-0.1, -0.05) is 6.92 Å². The minimum Gasteiger partial charge on any atom is -0.379 e. The molecule has 0 aromatic rings. The van der Waals surface area contributed by atoms with Crippen LogP contribution in [0.15, 0.2) is 0 Å². The van der Waals surface area contributed by atoms with E-state index in [1.807, 2.05) is 13.8 Å².